The van der Waals surface area contributed by atoms with E-state index in [2.05, 4.69) is 32.2 Å². The lowest BCUT2D eigenvalue weighted by atomic mass is 10.2. The lowest BCUT2D eigenvalue weighted by Crippen LogP contribution is -2.36. The zero-order chi connectivity index (χ0) is 23.4. The highest BCUT2D eigenvalue weighted by molar-refractivity contribution is 6.03. The van der Waals surface area contributed by atoms with Gasteiger partial charge in [0.05, 0.1) is 36.8 Å². The van der Waals surface area contributed by atoms with Gasteiger partial charge >= 0.3 is 0 Å². The molecule has 2 aromatic heterocycles. The predicted molar refractivity (Wildman–Crippen MR) is 124 cm³/mol. The third-order valence-corrected chi connectivity index (χ3v) is 4.90. The SMILES string of the molecule is C=CC(=O)N1CCOc2ccc(Nc3nc(Nc4ccc(OC)nc4)ncc3C(C)=O)cc21. The molecule has 0 saturated heterocycles. The van der Waals surface area contributed by atoms with Gasteiger partial charge in [-0.15, -0.1) is 0 Å². The molecule has 0 unspecified atom stereocenters. The molecule has 2 N–H and O–H groups in total. The van der Waals surface area contributed by atoms with E-state index in [1.54, 1.807) is 41.4 Å². The third-order valence-electron chi connectivity index (χ3n) is 4.90. The van der Waals surface area contributed by atoms with Crippen LogP contribution in [-0.4, -0.2) is 46.9 Å². The maximum Gasteiger partial charge on any atom is 0.250 e. The molecule has 1 aliphatic heterocycles. The van der Waals surface area contributed by atoms with Crippen molar-refractivity contribution >= 4 is 40.5 Å². The Morgan fingerprint density at radius 2 is 1.97 bits per heavy atom. The molecule has 0 radical (unpaired) electrons. The number of hydrogen-bond acceptors (Lipinski definition) is 9. The molecule has 0 bridgehead atoms. The number of carbonyl (C=O) groups is 2. The molecule has 0 aliphatic carbocycles. The maximum atomic E-state index is 12.2. The summed E-state index contributed by atoms with van der Waals surface area (Å²) in [6.07, 6.45) is 4.30. The molecule has 0 saturated carbocycles. The van der Waals surface area contributed by atoms with Crippen LogP contribution in [-0.2, 0) is 4.79 Å². The van der Waals surface area contributed by atoms with Gasteiger partial charge in [0.15, 0.2) is 5.78 Å². The highest BCUT2D eigenvalue weighted by Gasteiger charge is 2.23. The first-order valence-electron chi connectivity index (χ1n) is 10.1. The van der Waals surface area contributed by atoms with Gasteiger partial charge in [0.1, 0.15) is 18.2 Å². The molecule has 4 rings (SSSR count). The van der Waals surface area contributed by atoms with E-state index < -0.39 is 0 Å². The molecule has 3 aromatic rings. The summed E-state index contributed by atoms with van der Waals surface area (Å²) in [5, 5.41) is 6.21. The van der Waals surface area contributed by atoms with Gasteiger partial charge in [-0.1, -0.05) is 6.58 Å². The normalized spacial score (nSPS) is 12.2. The van der Waals surface area contributed by atoms with E-state index in [9.17, 15) is 9.59 Å². The number of benzene rings is 1. The Kier molecular flexibility index (Phi) is 6.16. The van der Waals surface area contributed by atoms with Crippen LogP contribution < -0.4 is 25.0 Å². The molecular weight excluding hydrogens is 424 g/mol. The Morgan fingerprint density at radius 1 is 1.15 bits per heavy atom. The van der Waals surface area contributed by atoms with E-state index in [1.165, 1.54) is 26.3 Å². The van der Waals surface area contributed by atoms with Gasteiger partial charge in [-0.05, 0) is 37.3 Å². The van der Waals surface area contributed by atoms with Gasteiger partial charge < -0.3 is 25.0 Å². The van der Waals surface area contributed by atoms with Crippen molar-refractivity contribution in [3.8, 4) is 11.6 Å². The number of amides is 1. The van der Waals surface area contributed by atoms with Crippen LogP contribution in [0.5, 0.6) is 11.6 Å². The number of hydrogen-bond donors (Lipinski definition) is 2. The molecule has 1 aliphatic rings. The quantitative estimate of drug-likeness (QED) is 0.415. The van der Waals surface area contributed by atoms with E-state index in [-0.39, 0.29) is 17.6 Å². The second kappa shape index (κ2) is 9.35. The van der Waals surface area contributed by atoms with E-state index >= 15 is 0 Å². The second-order valence-corrected chi connectivity index (χ2v) is 7.08. The minimum absolute atomic E-state index is 0.195. The van der Waals surface area contributed by atoms with Crippen LogP contribution >= 0.6 is 0 Å². The number of fused-ring (bicyclic) bond motifs is 1. The standard InChI is InChI=1S/C23H22N6O4/c1-4-21(31)29-9-10-33-19-7-5-15(11-18(19)29)26-22-17(14(2)30)13-25-23(28-22)27-16-6-8-20(32-3)24-12-16/h4-8,11-13H,1,9-10H2,2-3H3,(H2,25,26,27,28). The van der Waals surface area contributed by atoms with Crippen molar-refractivity contribution in [2.24, 2.45) is 0 Å². The van der Waals surface area contributed by atoms with Crippen molar-refractivity contribution in [1.82, 2.24) is 15.0 Å². The number of rotatable bonds is 7. The highest BCUT2D eigenvalue weighted by Crippen LogP contribution is 2.35. The molecule has 33 heavy (non-hydrogen) atoms. The molecule has 0 fully saturated rings. The number of ketones is 1. The fourth-order valence-corrected chi connectivity index (χ4v) is 3.27. The molecule has 1 aromatic carbocycles. The largest absolute Gasteiger partial charge is 0.490 e. The van der Waals surface area contributed by atoms with Crippen LogP contribution in [0.1, 0.15) is 17.3 Å². The Labute approximate surface area is 190 Å². The number of ether oxygens (including phenoxy) is 2. The predicted octanol–water partition coefficient (Wildman–Crippen LogP) is 3.48. The number of nitrogens with one attached hydrogen (secondary N) is 2. The Morgan fingerprint density at radius 3 is 2.67 bits per heavy atom. The van der Waals surface area contributed by atoms with E-state index in [0.717, 1.165) is 0 Å². The monoisotopic (exact) mass is 446 g/mol. The number of methoxy groups -OCH3 is 1. The summed E-state index contributed by atoms with van der Waals surface area (Å²) in [6, 6.07) is 8.79. The minimum atomic E-state index is -0.220. The lowest BCUT2D eigenvalue weighted by molar-refractivity contribution is -0.114. The van der Waals surface area contributed by atoms with Crippen molar-refractivity contribution < 1.29 is 19.1 Å². The Bertz CT molecular complexity index is 1210. The summed E-state index contributed by atoms with van der Waals surface area (Å²) in [5.41, 5.74) is 2.21. The van der Waals surface area contributed by atoms with Crippen LogP contribution in [0.25, 0.3) is 0 Å². The van der Waals surface area contributed by atoms with Gasteiger partial charge in [0, 0.05) is 18.0 Å². The molecule has 3 heterocycles. The molecule has 168 valence electrons. The second-order valence-electron chi connectivity index (χ2n) is 7.08. The van der Waals surface area contributed by atoms with E-state index in [4.69, 9.17) is 9.47 Å². The first kappa shape index (κ1) is 21.8. The third kappa shape index (κ3) is 4.74. The smallest absolute Gasteiger partial charge is 0.250 e. The van der Waals surface area contributed by atoms with Gasteiger partial charge in [-0.2, -0.15) is 4.98 Å². The van der Waals surface area contributed by atoms with Crippen molar-refractivity contribution in [3.63, 3.8) is 0 Å². The zero-order valence-corrected chi connectivity index (χ0v) is 18.2. The Balaban J connectivity index is 1.64. The average Bonchev–Trinajstić information content (AvgIpc) is 2.83. The maximum absolute atomic E-state index is 12.2. The van der Waals surface area contributed by atoms with Crippen LogP contribution in [0.2, 0.25) is 0 Å². The lowest BCUT2D eigenvalue weighted by Gasteiger charge is -2.29. The van der Waals surface area contributed by atoms with Crippen LogP contribution in [0.15, 0.2) is 55.4 Å². The summed E-state index contributed by atoms with van der Waals surface area (Å²) in [6.45, 7) is 5.82. The number of nitrogens with zero attached hydrogens (tertiary/aromatic N) is 4. The minimum Gasteiger partial charge on any atom is -0.490 e. The van der Waals surface area contributed by atoms with Crippen molar-refractivity contribution in [2.75, 3.05) is 35.8 Å². The highest BCUT2D eigenvalue weighted by atomic mass is 16.5. The zero-order valence-electron chi connectivity index (χ0n) is 18.2. The van der Waals surface area contributed by atoms with Crippen LogP contribution in [0, 0.1) is 0 Å². The first-order chi connectivity index (χ1) is 16.0. The van der Waals surface area contributed by atoms with Gasteiger partial charge in [0.25, 0.3) is 5.91 Å². The fourth-order valence-electron chi connectivity index (χ4n) is 3.27. The summed E-state index contributed by atoms with van der Waals surface area (Å²) >= 11 is 0. The first-order valence-corrected chi connectivity index (χ1v) is 10.1. The molecule has 10 nitrogen and oxygen atoms in total. The molecule has 10 heteroatoms. The number of carbonyl (C=O) groups excluding carboxylic acids is 2. The Hall–Kier alpha value is -4.47. The van der Waals surface area contributed by atoms with Crippen LogP contribution in [0.3, 0.4) is 0 Å². The van der Waals surface area contributed by atoms with Crippen molar-refractivity contribution in [1.29, 1.82) is 0 Å². The summed E-state index contributed by atoms with van der Waals surface area (Å²) < 4.78 is 10.7. The average molecular weight is 446 g/mol. The van der Waals surface area contributed by atoms with Crippen LogP contribution in [0.4, 0.5) is 28.8 Å². The molecular formula is C23H22N6O4. The van der Waals surface area contributed by atoms with E-state index in [1.807, 2.05) is 0 Å². The number of pyridine rings is 1. The fraction of sp³-hybridized carbons (Fsp3) is 0.174. The van der Waals surface area contributed by atoms with Crippen molar-refractivity contribution in [3.05, 3.63) is 60.9 Å². The van der Waals surface area contributed by atoms with Gasteiger partial charge in [-0.25, -0.2) is 9.97 Å². The van der Waals surface area contributed by atoms with Gasteiger partial charge in [0.2, 0.25) is 11.8 Å². The number of anilines is 5. The molecule has 0 atom stereocenters. The van der Waals surface area contributed by atoms with Gasteiger partial charge in [-0.3, -0.25) is 9.59 Å². The molecule has 1 amide bonds. The summed E-state index contributed by atoms with van der Waals surface area (Å²) in [7, 11) is 1.54. The topological polar surface area (TPSA) is 119 Å². The molecule has 0 spiro atoms. The summed E-state index contributed by atoms with van der Waals surface area (Å²) in [5.74, 6) is 1.25. The summed E-state index contributed by atoms with van der Waals surface area (Å²) in [4.78, 5) is 38.8. The van der Waals surface area contributed by atoms with E-state index in [0.29, 0.717) is 53.2 Å². The number of aromatic nitrogens is 3. The van der Waals surface area contributed by atoms with Crippen molar-refractivity contribution in [2.45, 2.75) is 6.92 Å². The number of Topliss-reactive ketones (excluding diaryl/α,β-unsaturated/α-hetero) is 1.